The second kappa shape index (κ2) is 5.50. The zero-order chi connectivity index (χ0) is 15.8. The molecule has 1 fully saturated rings. The van der Waals surface area contributed by atoms with Gasteiger partial charge >= 0.3 is 5.97 Å². The van der Waals surface area contributed by atoms with E-state index in [1.807, 2.05) is 20.8 Å². The van der Waals surface area contributed by atoms with Crippen LogP contribution in [0.1, 0.15) is 44.1 Å². The SMILES string of the molecule is CC1C(NC(=O)c2ccn(C)n2)CCC(C(=O)O)C1(C)C. The number of rotatable bonds is 3. The van der Waals surface area contributed by atoms with Gasteiger partial charge in [0.25, 0.3) is 5.91 Å². The first-order valence-corrected chi connectivity index (χ1v) is 7.26. The zero-order valence-corrected chi connectivity index (χ0v) is 13.0. The molecule has 2 N–H and O–H groups in total. The van der Waals surface area contributed by atoms with Crippen molar-refractivity contribution in [2.24, 2.45) is 24.3 Å². The average molecular weight is 293 g/mol. The van der Waals surface area contributed by atoms with Crippen molar-refractivity contribution < 1.29 is 14.7 Å². The lowest BCUT2D eigenvalue weighted by atomic mass is 9.61. The summed E-state index contributed by atoms with van der Waals surface area (Å²) in [6.45, 7) is 5.95. The van der Waals surface area contributed by atoms with Crippen LogP contribution in [0.2, 0.25) is 0 Å². The number of aromatic nitrogens is 2. The third-order valence-corrected chi connectivity index (χ3v) is 5.00. The van der Waals surface area contributed by atoms with Crippen LogP contribution in [0.3, 0.4) is 0 Å². The maximum atomic E-state index is 12.2. The van der Waals surface area contributed by atoms with Crippen LogP contribution in [0.25, 0.3) is 0 Å². The van der Waals surface area contributed by atoms with E-state index in [-0.39, 0.29) is 29.2 Å². The molecule has 1 heterocycles. The molecular weight excluding hydrogens is 270 g/mol. The summed E-state index contributed by atoms with van der Waals surface area (Å²) in [6, 6.07) is 1.65. The minimum Gasteiger partial charge on any atom is -0.481 e. The Hall–Kier alpha value is -1.85. The fraction of sp³-hybridized carbons (Fsp3) is 0.667. The number of nitrogens with zero attached hydrogens (tertiary/aromatic N) is 2. The predicted molar refractivity (Wildman–Crippen MR) is 77.8 cm³/mol. The summed E-state index contributed by atoms with van der Waals surface area (Å²) in [5.74, 6) is -1.23. The summed E-state index contributed by atoms with van der Waals surface area (Å²) in [7, 11) is 1.76. The highest BCUT2D eigenvalue weighted by molar-refractivity contribution is 5.92. The van der Waals surface area contributed by atoms with E-state index in [9.17, 15) is 14.7 Å². The number of nitrogens with one attached hydrogen (secondary N) is 1. The Bertz CT molecular complexity index is 550. The van der Waals surface area contributed by atoms with Gasteiger partial charge in [0.1, 0.15) is 5.69 Å². The number of amides is 1. The Morgan fingerprint density at radius 2 is 2.10 bits per heavy atom. The minimum atomic E-state index is -0.749. The third-order valence-electron chi connectivity index (χ3n) is 5.00. The molecule has 1 aliphatic carbocycles. The van der Waals surface area contributed by atoms with Crippen LogP contribution in [-0.4, -0.2) is 32.8 Å². The van der Waals surface area contributed by atoms with Crippen LogP contribution >= 0.6 is 0 Å². The third kappa shape index (κ3) is 2.94. The molecule has 1 saturated carbocycles. The molecule has 6 nitrogen and oxygen atoms in total. The lowest BCUT2D eigenvalue weighted by Crippen LogP contribution is -2.52. The van der Waals surface area contributed by atoms with Gasteiger partial charge in [-0.2, -0.15) is 5.10 Å². The van der Waals surface area contributed by atoms with Crippen molar-refractivity contribution in [2.75, 3.05) is 0 Å². The lowest BCUT2D eigenvalue weighted by Gasteiger charge is -2.46. The Kier molecular flexibility index (Phi) is 4.07. The van der Waals surface area contributed by atoms with Crippen molar-refractivity contribution >= 4 is 11.9 Å². The number of hydrogen-bond acceptors (Lipinski definition) is 3. The molecule has 0 aromatic carbocycles. The molecule has 0 aliphatic heterocycles. The number of hydrogen-bond donors (Lipinski definition) is 2. The van der Waals surface area contributed by atoms with Gasteiger partial charge in [0.05, 0.1) is 5.92 Å². The molecule has 1 aromatic rings. The van der Waals surface area contributed by atoms with Gasteiger partial charge in [0.2, 0.25) is 0 Å². The van der Waals surface area contributed by atoms with E-state index < -0.39 is 5.97 Å². The molecule has 1 aliphatic rings. The van der Waals surface area contributed by atoms with Gasteiger partial charge in [0.15, 0.2) is 0 Å². The predicted octanol–water partition coefficient (Wildman–Crippen LogP) is 1.68. The highest BCUT2D eigenvalue weighted by Crippen LogP contribution is 2.45. The van der Waals surface area contributed by atoms with Crippen LogP contribution in [-0.2, 0) is 11.8 Å². The minimum absolute atomic E-state index is 0.0230. The molecule has 0 saturated heterocycles. The van der Waals surface area contributed by atoms with Gasteiger partial charge < -0.3 is 10.4 Å². The van der Waals surface area contributed by atoms with E-state index >= 15 is 0 Å². The number of carbonyl (C=O) groups is 2. The number of carboxylic acid groups (broad SMARTS) is 1. The molecule has 3 atom stereocenters. The van der Waals surface area contributed by atoms with Crippen LogP contribution in [0.15, 0.2) is 12.3 Å². The van der Waals surface area contributed by atoms with E-state index in [2.05, 4.69) is 10.4 Å². The van der Waals surface area contributed by atoms with Gasteiger partial charge in [-0.1, -0.05) is 20.8 Å². The van der Waals surface area contributed by atoms with Crippen LogP contribution < -0.4 is 5.32 Å². The highest BCUT2D eigenvalue weighted by Gasteiger charge is 2.46. The van der Waals surface area contributed by atoms with Crippen LogP contribution in [0.5, 0.6) is 0 Å². The van der Waals surface area contributed by atoms with E-state index in [0.29, 0.717) is 18.5 Å². The second-order valence-electron chi connectivity index (χ2n) is 6.53. The smallest absolute Gasteiger partial charge is 0.307 e. The molecule has 0 bridgehead atoms. The van der Waals surface area contributed by atoms with E-state index in [1.54, 1.807) is 24.0 Å². The lowest BCUT2D eigenvalue weighted by molar-refractivity contribution is -0.150. The molecule has 1 amide bonds. The summed E-state index contributed by atoms with van der Waals surface area (Å²) in [6.07, 6.45) is 2.99. The van der Waals surface area contributed by atoms with Gasteiger partial charge in [-0.25, -0.2) is 0 Å². The molecular formula is C15H23N3O3. The number of aryl methyl sites for hydroxylation is 1. The molecule has 6 heteroatoms. The van der Waals surface area contributed by atoms with Crippen molar-refractivity contribution in [3.8, 4) is 0 Å². The molecule has 116 valence electrons. The van der Waals surface area contributed by atoms with Crippen molar-refractivity contribution in [2.45, 2.75) is 39.7 Å². The first kappa shape index (κ1) is 15.5. The number of carboxylic acids is 1. The topological polar surface area (TPSA) is 84.2 Å². The Labute approximate surface area is 124 Å². The summed E-state index contributed by atoms with van der Waals surface area (Å²) >= 11 is 0. The van der Waals surface area contributed by atoms with Gasteiger partial charge in [-0.15, -0.1) is 0 Å². The summed E-state index contributed by atoms with van der Waals surface area (Å²) in [5.41, 5.74) is 0.0365. The highest BCUT2D eigenvalue weighted by atomic mass is 16.4. The average Bonchev–Trinajstić information content (AvgIpc) is 2.81. The quantitative estimate of drug-likeness (QED) is 0.888. The molecule has 21 heavy (non-hydrogen) atoms. The fourth-order valence-electron chi connectivity index (χ4n) is 3.22. The molecule has 3 unspecified atom stereocenters. The van der Waals surface area contributed by atoms with E-state index in [1.165, 1.54) is 0 Å². The van der Waals surface area contributed by atoms with Crippen LogP contribution in [0.4, 0.5) is 0 Å². The first-order chi connectivity index (χ1) is 9.73. The van der Waals surface area contributed by atoms with Gasteiger partial charge in [-0.05, 0) is 30.2 Å². The Balaban J connectivity index is 2.09. The first-order valence-electron chi connectivity index (χ1n) is 7.26. The fourth-order valence-corrected chi connectivity index (χ4v) is 3.22. The monoisotopic (exact) mass is 293 g/mol. The maximum Gasteiger partial charge on any atom is 0.307 e. The van der Waals surface area contributed by atoms with Crippen molar-refractivity contribution in [1.82, 2.24) is 15.1 Å². The zero-order valence-electron chi connectivity index (χ0n) is 13.0. The maximum absolute atomic E-state index is 12.2. The van der Waals surface area contributed by atoms with Crippen molar-refractivity contribution in [3.05, 3.63) is 18.0 Å². The molecule has 1 aromatic heterocycles. The summed E-state index contributed by atoms with van der Waals surface area (Å²) < 4.78 is 1.59. The largest absolute Gasteiger partial charge is 0.481 e. The number of carbonyl (C=O) groups excluding carboxylic acids is 1. The summed E-state index contributed by atoms with van der Waals surface area (Å²) in [5, 5.41) is 16.4. The Morgan fingerprint density at radius 3 is 2.62 bits per heavy atom. The number of aliphatic carboxylic acids is 1. The molecule has 0 spiro atoms. The van der Waals surface area contributed by atoms with Crippen molar-refractivity contribution in [1.29, 1.82) is 0 Å². The van der Waals surface area contributed by atoms with Gasteiger partial charge in [-0.3, -0.25) is 14.3 Å². The molecule has 2 rings (SSSR count). The van der Waals surface area contributed by atoms with E-state index in [0.717, 1.165) is 0 Å². The van der Waals surface area contributed by atoms with E-state index in [4.69, 9.17) is 0 Å². The standard InChI is InChI=1S/C15H23N3O3/c1-9-11(6-5-10(14(20)21)15(9,2)3)16-13(19)12-7-8-18(4)17-12/h7-11H,5-6H2,1-4H3,(H,16,19)(H,20,21). The van der Waals surface area contributed by atoms with Crippen molar-refractivity contribution in [3.63, 3.8) is 0 Å². The second-order valence-corrected chi connectivity index (χ2v) is 6.53. The van der Waals surface area contributed by atoms with Crippen LogP contribution in [0, 0.1) is 17.3 Å². The summed E-state index contributed by atoms with van der Waals surface area (Å²) in [4.78, 5) is 23.6. The Morgan fingerprint density at radius 1 is 1.43 bits per heavy atom. The van der Waals surface area contributed by atoms with Gasteiger partial charge in [0, 0.05) is 19.3 Å². The normalized spacial score (nSPS) is 28.1. The molecule has 0 radical (unpaired) electrons.